The van der Waals surface area contributed by atoms with E-state index in [1.165, 1.54) is 0 Å². The lowest BCUT2D eigenvalue weighted by molar-refractivity contribution is 0.122. The molecule has 1 unspecified atom stereocenters. The predicted octanol–water partition coefficient (Wildman–Crippen LogP) is 2.23. The third-order valence-electron chi connectivity index (χ3n) is 3.78. The lowest BCUT2D eigenvalue weighted by Gasteiger charge is -2.29. The molecule has 1 aromatic carbocycles. The molecule has 0 radical (unpaired) electrons. The first kappa shape index (κ1) is 19.9. The average molecular weight is 414 g/mol. The maximum atomic E-state index is 12.5. The Labute approximate surface area is 146 Å². The number of methoxy groups -OCH3 is 1. The first-order chi connectivity index (χ1) is 9.88. The van der Waals surface area contributed by atoms with Crippen molar-refractivity contribution in [3.63, 3.8) is 0 Å². The highest BCUT2D eigenvalue weighted by molar-refractivity contribution is 9.10. The van der Waals surface area contributed by atoms with Gasteiger partial charge in [0.1, 0.15) is 0 Å². The van der Waals surface area contributed by atoms with Gasteiger partial charge in [-0.25, -0.2) is 13.1 Å². The summed E-state index contributed by atoms with van der Waals surface area (Å²) >= 11 is 3.34. The molecule has 1 aliphatic rings. The molecule has 1 heterocycles. The second-order valence-corrected chi connectivity index (χ2v) is 8.13. The van der Waals surface area contributed by atoms with Gasteiger partial charge in [-0.15, -0.1) is 12.4 Å². The van der Waals surface area contributed by atoms with Crippen molar-refractivity contribution in [1.82, 2.24) is 10.0 Å². The normalized spacial score (nSPS) is 21.6. The van der Waals surface area contributed by atoms with Crippen molar-refractivity contribution in [3.05, 3.63) is 28.2 Å². The summed E-state index contributed by atoms with van der Waals surface area (Å²) in [5, 5.41) is 3.36. The van der Waals surface area contributed by atoms with Crippen molar-refractivity contribution in [2.75, 3.05) is 26.8 Å². The lowest BCUT2D eigenvalue weighted by Crippen LogP contribution is -2.52. The van der Waals surface area contributed by atoms with Gasteiger partial charge in [-0.05, 0) is 50.1 Å². The lowest BCUT2D eigenvalue weighted by atomic mass is 9.99. The van der Waals surface area contributed by atoms with E-state index in [4.69, 9.17) is 4.74 Å². The Bertz CT molecular complexity index is 604. The van der Waals surface area contributed by atoms with E-state index in [1.54, 1.807) is 32.2 Å². The van der Waals surface area contributed by atoms with Crippen LogP contribution < -0.4 is 10.0 Å². The highest BCUT2D eigenvalue weighted by Gasteiger charge is 2.35. The van der Waals surface area contributed by atoms with Crippen molar-refractivity contribution in [2.24, 2.45) is 0 Å². The van der Waals surface area contributed by atoms with Gasteiger partial charge < -0.3 is 10.1 Å². The third-order valence-corrected chi connectivity index (χ3v) is 5.83. The van der Waals surface area contributed by atoms with Gasteiger partial charge in [-0.1, -0.05) is 15.9 Å². The standard InChI is InChI=1S/C14H21BrN2O3S.ClH/c1-11-8-12(15)4-5-13(11)21(18,19)17-9-14(10-20-2)6-3-7-16-14;/h4-5,8,16-17H,3,6-7,9-10H2,1-2H3;1H. The molecule has 0 aliphatic carbocycles. The smallest absolute Gasteiger partial charge is 0.240 e. The van der Waals surface area contributed by atoms with Crippen LogP contribution >= 0.6 is 28.3 Å². The highest BCUT2D eigenvalue weighted by atomic mass is 79.9. The number of rotatable bonds is 6. The van der Waals surface area contributed by atoms with Crippen LogP contribution in [0.1, 0.15) is 18.4 Å². The maximum absolute atomic E-state index is 12.5. The first-order valence-corrected chi connectivity index (χ1v) is 9.16. The second kappa shape index (κ2) is 8.08. The van der Waals surface area contributed by atoms with Gasteiger partial charge in [0, 0.05) is 18.1 Å². The summed E-state index contributed by atoms with van der Waals surface area (Å²) in [5.74, 6) is 0. The van der Waals surface area contributed by atoms with E-state index >= 15 is 0 Å². The minimum atomic E-state index is -3.52. The molecule has 22 heavy (non-hydrogen) atoms. The fraction of sp³-hybridized carbons (Fsp3) is 0.571. The number of hydrogen-bond donors (Lipinski definition) is 2. The summed E-state index contributed by atoms with van der Waals surface area (Å²) in [5.41, 5.74) is 0.419. The van der Waals surface area contributed by atoms with Crippen LogP contribution in [0.15, 0.2) is 27.6 Å². The Morgan fingerprint density at radius 3 is 2.73 bits per heavy atom. The van der Waals surface area contributed by atoms with E-state index < -0.39 is 10.0 Å². The molecule has 1 atom stereocenters. The van der Waals surface area contributed by atoms with Gasteiger partial charge in [0.25, 0.3) is 0 Å². The van der Waals surface area contributed by atoms with Crippen LogP contribution in [0.2, 0.25) is 0 Å². The van der Waals surface area contributed by atoms with E-state index in [0.29, 0.717) is 18.0 Å². The van der Waals surface area contributed by atoms with Gasteiger partial charge in [-0.3, -0.25) is 0 Å². The Morgan fingerprint density at radius 1 is 1.45 bits per heavy atom. The quantitative estimate of drug-likeness (QED) is 0.750. The first-order valence-electron chi connectivity index (χ1n) is 6.88. The van der Waals surface area contributed by atoms with Crippen LogP contribution in [-0.4, -0.2) is 40.8 Å². The summed E-state index contributed by atoms with van der Waals surface area (Å²) in [4.78, 5) is 0.316. The summed E-state index contributed by atoms with van der Waals surface area (Å²) in [6.07, 6.45) is 1.94. The fourth-order valence-corrected chi connectivity index (χ4v) is 4.52. The van der Waals surface area contributed by atoms with Gasteiger partial charge in [0.2, 0.25) is 10.0 Å². The molecule has 126 valence electrons. The molecule has 0 saturated carbocycles. The van der Waals surface area contributed by atoms with Crippen molar-refractivity contribution in [3.8, 4) is 0 Å². The van der Waals surface area contributed by atoms with Gasteiger partial charge >= 0.3 is 0 Å². The van der Waals surface area contributed by atoms with Crippen molar-refractivity contribution in [1.29, 1.82) is 0 Å². The predicted molar refractivity (Wildman–Crippen MR) is 93.2 cm³/mol. The number of ether oxygens (including phenoxy) is 1. The largest absolute Gasteiger partial charge is 0.383 e. The summed E-state index contributed by atoms with van der Waals surface area (Å²) in [7, 11) is -1.88. The van der Waals surface area contributed by atoms with Crippen molar-refractivity contribution >= 4 is 38.4 Å². The molecule has 0 bridgehead atoms. The number of nitrogens with one attached hydrogen (secondary N) is 2. The van der Waals surface area contributed by atoms with E-state index in [-0.39, 0.29) is 17.9 Å². The van der Waals surface area contributed by atoms with Crippen molar-refractivity contribution in [2.45, 2.75) is 30.2 Å². The number of halogens is 2. The molecule has 0 aromatic heterocycles. The molecule has 2 N–H and O–H groups in total. The molecule has 1 saturated heterocycles. The molecule has 1 aliphatic heterocycles. The van der Waals surface area contributed by atoms with Gasteiger partial charge in [0.05, 0.1) is 17.0 Å². The monoisotopic (exact) mass is 412 g/mol. The second-order valence-electron chi connectivity index (χ2n) is 5.48. The molecule has 5 nitrogen and oxygen atoms in total. The molecular weight excluding hydrogens is 392 g/mol. The van der Waals surface area contributed by atoms with E-state index in [2.05, 4.69) is 26.0 Å². The van der Waals surface area contributed by atoms with Gasteiger partial charge in [-0.2, -0.15) is 0 Å². The third kappa shape index (κ3) is 4.66. The van der Waals surface area contributed by atoms with Crippen LogP contribution in [-0.2, 0) is 14.8 Å². The summed E-state index contributed by atoms with van der Waals surface area (Å²) in [6, 6.07) is 5.15. The number of aryl methyl sites for hydroxylation is 1. The van der Waals surface area contributed by atoms with Crippen LogP contribution in [0.3, 0.4) is 0 Å². The van der Waals surface area contributed by atoms with E-state index in [1.807, 2.05) is 0 Å². The Morgan fingerprint density at radius 2 is 2.18 bits per heavy atom. The highest BCUT2D eigenvalue weighted by Crippen LogP contribution is 2.22. The molecule has 2 rings (SSSR count). The number of sulfonamides is 1. The molecule has 0 spiro atoms. The van der Waals surface area contributed by atoms with Crippen LogP contribution in [0, 0.1) is 6.92 Å². The van der Waals surface area contributed by atoms with Crippen LogP contribution in [0.4, 0.5) is 0 Å². The SMILES string of the molecule is COCC1(CNS(=O)(=O)c2ccc(Br)cc2C)CCCN1.Cl. The number of hydrogen-bond acceptors (Lipinski definition) is 4. The zero-order valence-electron chi connectivity index (χ0n) is 12.7. The Balaban J connectivity index is 0.00000242. The molecule has 0 amide bonds. The number of benzene rings is 1. The Kier molecular flexibility index (Phi) is 7.29. The molecular formula is C14H22BrClN2O3S. The maximum Gasteiger partial charge on any atom is 0.240 e. The summed E-state index contributed by atoms with van der Waals surface area (Å²) in [6.45, 7) is 3.51. The van der Waals surface area contributed by atoms with Crippen molar-refractivity contribution < 1.29 is 13.2 Å². The zero-order chi connectivity index (χ0) is 15.5. The van der Waals surface area contributed by atoms with E-state index in [0.717, 1.165) is 29.4 Å². The van der Waals surface area contributed by atoms with Gasteiger partial charge in [0.15, 0.2) is 0 Å². The molecule has 1 aromatic rings. The van der Waals surface area contributed by atoms with E-state index in [9.17, 15) is 8.42 Å². The zero-order valence-corrected chi connectivity index (χ0v) is 15.9. The minimum Gasteiger partial charge on any atom is -0.383 e. The topological polar surface area (TPSA) is 67.4 Å². The average Bonchev–Trinajstić information content (AvgIpc) is 2.86. The molecule has 1 fully saturated rings. The Hall–Kier alpha value is -0.180. The fourth-order valence-electron chi connectivity index (χ4n) is 2.70. The van der Waals surface area contributed by atoms with Crippen LogP contribution in [0.25, 0.3) is 0 Å². The van der Waals surface area contributed by atoms with Crippen LogP contribution in [0.5, 0.6) is 0 Å². The summed E-state index contributed by atoms with van der Waals surface area (Å²) < 4.78 is 33.8. The minimum absolute atomic E-state index is 0. The molecule has 8 heteroatoms.